The summed E-state index contributed by atoms with van der Waals surface area (Å²) in [5.74, 6) is 1.26. The average Bonchev–Trinajstić information content (AvgIpc) is 3.14. The number of aromatic nitrogens is 1. The van der Waals surface area contributed by atoms with E-state index in [-0.39, 0.29) is 0 Å². The van der Waals surface area contributed by atoms with Crippen molar-refractivity contribution < 1.29 is 9.15 Å². The topological polar surface area (TPSA) is 38.5 Å². The molecule has 2 fully saturated rings. The predicted molar refractivity (Wildman–Crippen MR) is 81.8 cm³/mol. The van der Waals surface area contributed by atoms with Crippen LogP contribution >= 0.6 is 11.6 Å². The molecule has 0 saturated carbocycles. The third kappa shape index (κ3) is 2.68. The van der Waals surface area contributed by atoms with Crippen molar-refractivity contribution in [2.45, 2.75) is 31.2 Å². The number of hydrogen-bond acceptors (Lipinski definition) is 4. The van der Waals surface area contributed by atoms with Crippen LogP contribution in [-0.2, 0) is 4.74 Å². The van der Waals surface area contributed by atoms with Crippen LogP contribution in [0.3, 0.4) is 0 Å². The number of rotatable bonds is 2. The van der Waals surface area contributed by atoms with E-state index >= 15 is 0 Å². The van der Waals surface area contributed by atoms with E-state index in [9.17, 15) is 0 Å². The second-order valence-electron chi connectivity index (χ2n) is 5.99. The third-order valence-corrected chi connectivity index (χ3v) is 4.88. The minimum Gasteiger partial charge on any atom is -0.440 e. The van der Waals surface area contributed by atoms with Crippen molar-refractivity contribution >= 4 is 22.7 Å². The van der Waals surface area contributed by atoms with Gasteiger partial charge in [-0.15, -0.1) is 0 Å². The van der Waals surface area contributed by atoms with Gasteiger partial charge < -0.3 is 9.15 Å². The van der Waals surface area contributed by atoms with Gasteiger partial charge in [0.2, 0.25) is 0 Å². The van der Waals surface area contributed by atoms with Crippen LogP contribution in [0.4, 0.5) is 0 Å². The molecule has 0 N–H and O–H groups in total. The first-order valence-electron chi connectivity index (χ1n) is 7.67. The summed E-state index contributed by atoms with van der Waals surface area (Å²) in [4.78, 5) is 7.21. The molecule has 1 unspecified atom stereocenters. The van der Waals surface area contributed by atoms with Gasteiger partial charge in [-0.3, -0.25) is 4.90 Å². The fourth-order valence-electron chi connectivity index (χ4n) is 3.46. The molecule has 112 valence electrons. The van der Waals surface area contributed by atoms with Crippen LogP contribution in [0, 0.1) is 0 Å². The maximum atomic E-state index is 6.01. The van der Waals surface area contributed by atoms with Crippen LogP contribution in [0.1, 0.15) is 31.1 Å². The normalized spacial score (nSPS) is 24.9. The molecule has 2 saturated heterocycles. The molecule has 0 aliphatic carbocycles. The van der Waals surface area contributed by atoms with Gasteiger partial charge in [0.15, 0.2) is 11.5 Å². The highest BCUT2D eigenvalue weighted by atomic mass is 35.5. The smallest absolute Gasteiger partial charge is 0.199 e. The zero-order valence-corrected chi connectivity index (χ0v) is 12.7. The lowest BCUT2D eigenvalue weighted by Crippen LogP contribution is -2.37. The highest BCUT2D eigenvalue weighted by Crippen LogP contribution is 2.32. The molecule has 4 nitrogen and oxygen atoms in total. The van der Waals surface area contributed by atoms with Crippen molar-refractivity contribution in [1.29, 1.82) is 0 Å². The van der Waals surface area contributed by atoms with Gasteiger partial charge >= 0.3 is 0 Å². The van der Waals surface area contributed by atoms with Gasteiger partial charge in [-0.05, 0) is 44.0 Å². The van der Waals surface area contributed by atoms with Gasteiger partial charge in [0.25, 0.3) is 0 Å². The number of fused-ring (bicyclic) bond motifs is 1. The largest absolute Gasteiger partial charge is 0.440 e. The standard InChI is InChI=1S/C16H19ClN2O2/c17-12-1-2-15-14(9-12)18-16(21-15)11-3-6-19(10-11)13-4-7-20-8-5-13/h1-2,9,11,13H,3-8,10H2. The molecule has 0 spiro atoms. The number of oxazole rings is 1. The molecule has 4 rings (SSSR count). The van der Waals surface area contributed by atoms with Crippen LogP contribution in [-0.4, -0.2) is 42.2 Å². The summed E-state index contributed by atoms with van der Waals surface area (Å²) in [7, 11) is 0. The third-order valence-electron chi connectivity index (χ3n) is 4.64. The number of hydrogen-bond donors (Lipinski definition) is 0. The first-order valence-corrected chi connectivity index (χ1v) is 8.05. The fourth-order valence-corrected chi connectivity index (χ4v) is 3.63. The maximum Gasteiger partial charge on any atom is 0.199 e. The molecule has 0 amide bonds. The number of likely N-dealkylation sites (tertiary alicyclic amines) is 1. The number of nitrogens with zero attached hydrogens (tertiary/aromatic N) is 2. The zero-order chi connectivity index (χ0) is 14.2. The number of ether oxygens (including phenoxy) is 1. The molecular weight excluding hydrogens is 288 g/mol. The van der Waals surface area contributed by atoms with Gasteiger partial charge in [-0.25, -0.2) is 4.98 Å². The highest BCUT2D eigenvalue weighted by molar-refractivity contribution is 6.31. The predicted octanol–water partition coefficient (Wildman–Crippen LogP) is 3.45. The van der Waals surface area contributed by atoms with Crippen molar-refractivity contribution in [2.24, 2.45) is 0 Å². The molecule has 2 aliphatic heterocycles. The van der Waals surface area contributed by atoms with Gasteiger partial charge in [0.05, 0.1) is 0 Å². The average molecular weight is 307 g/mol. The monoisotopic (exact) mass is 306 g/mol. The van der Waals surface area contributed by atoms with E-state index < -0.39 is 0 Å². The maximum absolute atomic E-state index is 6.01. The Morgan fingerprint density at radius 3 is 2.90 bits per heavy atom. The van der Waals surface area contributed by atoms with Gasteiger partial charge in [-0.1, -0.05) is 11.6 Å². The van der Waals surface area contributed by atoms with Crippen LogP contribution in [0.25, 0.3) is 11.1 Å². The first kappa shape index (κ1) is 13.6. The lowest BCUT2D eigenvalue weighted by Gasteiger charge is -2.30. The molecular formula is C16H19ClN2O2. The number of halogens is 1. The molecule has 2 aromatic rings. The quantitative estimate of drug-likeness (QED) is 0.852. The van der Waals surface area contributed by atoms with Crippen molar-refractivity contribution in [3.05, 3.63) is 29.1 Å². The Morgan fingerprint density at radius 2 is 2.05 bits per heavy atom. The van der Waals surface area contributed by atoms with E-state index in [2.05, 4.69) is 9.88 Å². The Bertz CT molecular complexity index is 636. The van der Waals surface area contributed by atoms with Crippen LogP contribution < -0.4 is 0 Å². The Kier molecular flexibility index (Phi) is 3.61. The second kappa shape index (κ2) is 5.59. The van der Waals surface area contributed by atoms with Gasteiger partial charge in [-0.2, -0.15) is 0 Å². The molecule has 0 bridgehead atoms. The van der Waals surface area contributed by atoms with Gasteiger partial charge in [0.1, 0.15) is 5.52 Å². The van der Waals surface area contributed by atoms with E-state index in [0.29, 0.717) is 17.0 Å². The summed E-state index contributed by atoms with van der Waals surface area (Å²) < 4.78 is 11.4. The molecule has 1 aromatic carbocycles. The summed E-state index contributed by atoms with van der Waals surface area (Å²) in [5, 5.41) is 0.706. The van der Waals surface area contributed by atoms with Crippen molar-refractivity contribution in [2.75, 3.05) is 26.3 Å². The van der Waals surface area contributed by atoms with E-state index in [1.165, 1.54) is 0 Å². The van der Waals surface area contributed by atoms with Crippen LogP contribution in [0.5, 0.6) is 0 Å². The summed E-state index contributed by atoms with van der Waals surface area (Å²) in [6, 6.07) is 6.29. The summed E-state index contributed by atoms with van der Waals surface area (Å²) in [6.07, 6.45) is 3.42. The molecule has 5 heteroatoms. The van der Waals surface area contributed by atoms with Gasteiger partial charge in [0, 0.05) is 36.7 Å². The lowest BCUT2D eigenvalue weighted by molar-refractivity contribution is 0.0417. The van der Waals surface area contributed by atoms with Crippen molar-refractivity contribution in [1.82, 2.24) is 9.88 Å². The van der Waals surface area contributed by atoms with Crippen LogP contribution in [0.15, 0.2) is 22.6 Å². The summed E-state index contributed by atoms with van der Waals surface area (Å²) in [5.41, 5.74) is 1.70. The Morgan fingerprint density at radius 1 is 1.19 bits per heavy atom. The molecule has 2 aliphatic rings. The van der Waals surface area contributed by atoms with E-state index in [1.54, 1.807) is 0 Å². The first-order chi connectivity index (χ1) is 10.3. The van der Waals surface area contributed by atoms with Crippen molar-refractivity contribution in [3.8, 4) is 0 Å². The van der Waals surface area contributed by atoms with E-state index in [4.69, 9.17) is 20.8 Å². The Hall–Kier alpha value is -1.10. The minimum atomic E-state index is 0.402. The number of benzene rings is 1. The molecule has 1 aromatic heterocycles. The zero-order valence-electron chi connectivity index (χ0n) is 11.9. The fraction of sp³-hybridized carbons (Fsp3) is 0.562. The van der Waals surface area contributed by atoms with Crippen LogP contribution in [0.2, 0.25) is 5.02 Å². The molecule has 0 radical (unpaired) electrons. The summed E-state index contributed by atoms with van der Waals surface area (Å²) >= 11 is 6.01. The van der Waals surface area contributed by atoms with E-state index in [0.717, 1.165) is 62.6 Å². The Balaban J connectivity index is 1.50. The summed E-state index contributed by atoms with van der Waals surface area (Å²) in [6.45, 7) is 3.97. The molecule has 21 heavy (non-hydrogen) atoms. The minimum absolute atomic E-state index is 0.402. The lowest BCUT2D eigenvalue weighted by atomic mass is 10.1. The second-order valence-corrected chi connectivity index (χ2v) is 6.42. The Labute approximate surface area is 129 Å². The molecule has 3 heterocycles. The van der Waals surface area contributed by atoms with Crippen molar-refractivity contribution in [3.63, 3.8) is 0 Å². The SMILES string of the molecule is Clc1ccc2oc(C3CCN(C4CCOCC4)C3)nc2c1. The highest BCUT2D eigenvalue weighted by Gasteiger charge is 2.32. The molecule has 1 atom stereocenters. The van der Waals surface area contributed by atoms with E-state index in [1.807, 2.05) is 18.2 Å².